The minimum absolute atomic E-state index is 0.0947. The van der Waals surface area contributed by atoms with Crippen molar-refractivity contribution in [1.82, 2.24) is 9.88 Å². The fraction of sp³-hybridized carbons (Fsp3) is 0.261. The molecule has 0 spiro atoms. The maximum atomic E-state index is 12.6. The van der Waals surface area contributed by atoms with Crippen molar-refractivity contribution < 1.29 is 14.3 Å². The summed E-state index contributed by atoms with van der Waals surface area (Å²) in [5.74, 6) is 1.65. The van der Waals surface area contributed by atoms with Crippen molar-refractivity contribution >= 4 is 40.5 Å². The number of nitrogens with one attached hydrogen (secondary N) is 2. The van der Waals surface area contributed by atoms with Crippen LogP contribution in [0, 0.1) is 0 Å². The highest BCUT2D eigenvalue weighted by atomic mass is 32.1. The van der Waals surface area contributed by atoms with E-state index in [1.807, 2.05) is 34.5 Å². The van der Waals surface area contributed by atoms with E-state index in [0.29, 0.717) is 17.9 Å². The van der Waals surface area contributed by atoms with Crippen LogP contribution in [0.15, 0.2) is 60.1 Å². The first-order chi connectivity index (χ1) is 15.6. The molecule has 2 N–H and O–H groups in total. The second kappa shape index (κ2) is 10.1. The summed E-state index contributed by atoms with van der Waals surface area (Å²) in [5.41, 5.74) is 1.27. The van der Waals surface area contributed by atoms with E-state index in [-0.39, 0.29) is 11.9 Å². The molecule has 9 heteroatoms. The van der Waals surface area contributed by atoms with Gasteiger partial charge in [0.25, 0.3) is 5.91 Å². The first kappa shape index (κ1) is 21.6. The highest BCUT2D eigenvalue weighted by Crippen LogP contribution is 2.19. The summed E-state index contributed by atoms with van der Waals surface area (Å²) in [7, 11) is 1.60. The van der Waals surface area contributed by atoms with E-state index in [4.69, 9.17) is 4.74 Å². The SMILES string of the molecule is COc1ccc(NC(=O)Nc2ccc(N3CCCN(C(=O)c4cccs4)CC3)nc2)cc1. The molecule has 0 aliphatic carbocycles. The Balaban J connectivity index is 1.31. The van der Waals surface area contributed by atoms with Gasteiger partial charge in [-0.2, -0.15) is 0 Å². The molecular formula is C23H25N5O3S. The molecule has 1 saturated heterocycles. The smallest absolute Gasteiger partial charge is 0.323 e. The van der Waals surface area contributed by atoms with Crippen LogP contribution in [0.2, 0.25) is 0 Å². The second-order valence-corrected chi connectivity index (χ2v) is 8.27. The molecule has 0 radical (unpaired) electrons. The van der Waals surface area contributed by atoms with Crippen LogP contribution in [0.25, 0.3) is 0 Å². The number of amides is 3. The molecule has 3 heterocycles. The summed E-state index contributed by atoms with van der Waals surface area (Å²) in [6.07, 6.45) is 2.52. The van der Waals surface area contributed by atoms with Gasteiger partial charge in [0.2, 0.25) is 0 Å². The van der Waals surface area contributed by atoms with Crippen molar-refractivity contribution in [2.75, 3.05) is 48.8 Å². The van der Waals surface area contributed by atoms with Crippen LogP contribution < -0.4 is 20.3 Å². The number of ether oxygens (including phenoxy) is 1. The van der Waals surface area contributed by atoms with E-state index < -0.39 is 0 Å². The number of nitrogens with zero attached hydrogens (tertiary/aromatic N) is 3. The Kier molecular flexibility index (Phi) is 6.86. The van der Waals surface area contributed by atoms with Gasteiger partial charge in [0.1, 0.15) is 11.6 Å². The number of benzene rings is 1. The third-order valence-electron chi connectivity index (χ3n) is 5.19. The van der Waals surface area contributed by atoms with E-state index in [1.54, 1.807) is 37.6 Å². The number of thiophene rings is 1. The molecule has 0 bridgehead atoms. The van der Waals surface area contributed by atoms with Gasteiger partial charge in [-0.25, -0.2) is 9.78 Å². The van der Waals surface area contributed by atoms with Gasteiger partial charge in [0.05, 0.1) is 23.9 Å². The Morgan fingerprint density at radius 3 is 2.44 bits per heavy atom. The van der Waals surface area contributed by atoms with Crippen molar-refractivity contribution in [1.29, 1.82) is 0 Å². The Hall–Kier alpha value is -3.59. The van der Waals surface area contributed by atoms with Crippen LogP contribution in [-0.4, -0.2) is 55.1 Å². The summed E-state index contributed by atoms with van der Waals surface area (Å²) in [4.78, 5) is 34.2. The molecule has 3 aromatic rings. The number of methoxy groups -OCH3 is 1. The van der Waals surface area contributed by atoms with E-state index >= 15 is 0 Å². The molecule has 1 aliphatic rings. The van der Waals surface area contributed by atoms with Crippen molar-refractivity contribution in [3.05, 3.63) is 65.0 Å². The van der Waals surface area contributed by atoms with Crippen LogP contribution in [0.5, 0.6) is 5.75 Å². The van der Waals surface area contributed by atoms with Gasteiger partial charge < -0.3 is 25.2 Å². The van der Waals surface area contributed by atoms with Crippen LogP contribution in [0.4, 0.5) is 22.0 Å². The fourth-order valence-electron chi connectivity index (χ4n) is 3.52. The number of hydrogen-bond donors (Lipinski definition) is 2. The maximum Gasteiger partial charge on any atom is 0.323 e. The molecule has 166 valence electrons. The van der Waals surface area contributed by atoms with Crippen molar-refractivity contribution in [3.63, 3.8) is 0 Å². The molecule has 1 aliphatic heterocycles. The van der Waals surface area contributed by atoms with Gasteiger partial charge in [-0.05, 0) is 54.3 Å². The lowest BCUT2D eigenvalue weighted by Crippen LogP contribution is -2.35. The summed E-state index contributed by atoms with van der Waals surface area (Å²) < 4.78 is 5.11. The van der Waals surface area contributed by atoms with E-state index in [0.717, 1.165) is 42.5 Å². The zero-order valence-corrected chi connectivity index (χ0v) is 18.6. The molecule has 8 nitrogen and oxygen atoms in total. The van der Waals surface area contributed by atoms with Gasteiger partial charge in [-0.3, -0.25) is 4.79 Å². The van der Waals surface area contributed by atoms with E-state index in [1.165, 1.54) is 11.3 Å². The Labute approximate surface area is 190 Å². The number of anilines is 3. The lowest BCUT2D eigenvalue weighted by molar-refractivity contribution is 0.0772. The summed E-state index contributed by atoms with van der Waals surface area (Å²) in [6, 6.07) is 14.2. The Morgan fingerprint density at radius 1 is 0.969 bits per heavy atom. The molecule has 4 rings (SSSR count). The average molecular weight is 452 g/mol. The van der Waals surface area contributed by atoms with Crippen LogP contribution in [0.3, 0.4) is 0 Å². The predicted molar refractivity (Wildman–Crippen MR) is 127 cm³/mol. The molecule has 0 saturated carbocycles. The Morgan fingerprint density at radius 2 is 1.75 bits per heavy atom. The van der Waals surface area contributed by atoms with Crippen molar-refractivity contribution in [2.45, 2.75) is 6.42 Å². The zero-order valence-electron chi connectivity index (χ0n) is 17.8. The number of carbonyl (C=O) groups is 2. The van der Waals surface area contributed by atoms with Gasteiger partial charge in [-0.1, -0.05) is 6.07 Å². The van der Waals surface area contributed by atoms with E-state index in [9.17, 15) is 9.59 Å². The molecule has 3 amide bonds. The van der Waals surface area contributed by atoms with Gasteiger partial charge in [0.15, 0.2) is 0 Å². The van der Waals surface area contributed by atoms with Crippen molar-refractivity contribution in [2.24, 2.45) is 0 Å². The molecule has 0 unspecified atom stereocenters. The highest BCUT2D eigenvalue weighted by molar-refractivity contribution is 7.12. The van der Waals surface area contributed by atoms with E-state index in [2.05, 4.69) is 20.5 Å². The number of urea groups is 1. The van der Waals surface area contributed by atoms with Gasteiger partial charge in [-0.15, -0.1) is 11.3 Å². The lowest BCUT2D eigenvalue weighted by atomic mass is 10.3. The number of carbonyl (C=O) groups excluding carboxylic acids is 2. The van der Waals surface area contributed by atoms with Gasteiger partial charge in [0, 0.05) is 31.9 Å². The minimum atomic E-state index is -0.345. The average Bonchev–Trinajstić information content (AvgIpc) is 3.24. The summed E-state index contributed by atoms with van der Waals surface area (Å²) in [5, 5.41) is 7.48. The molecular weight excluding hydrogens is 426 g/mol. The molecule has 0 atom stereocenters. The third kappa shape index (κ3) is 5.36. The predicted octanol–water partition coefficient (Wildman–Crippen LogP) is 4.15. The largest absolute Gasteiger partial charge is 0.497 e. The van der Waals surface area contributed by atoms with Crippen LogP contribution in [0.1, 0.15) is 16.1 Å². The number of aromatic nitrogens is 1. The normalized spacial score (nSPS) is 13.9. The van der Waals surface area contributed by atoms with Crippen LogP contribution in [-0.2, 0) is 0 Å². The number of rotatable bonds is 5. The summed E-state index contributed by atoms with van der Waals surface area (Å²) >= 11 is 1.47. The quantitative estimate of drug-likeness (QED) is 0.609. The van der Waals surface area contributed by atoms with Crippen molar-refractivity contribution in [3.8, 4) is 5.75 Å². The standard InChI is InChI=1S/C23H25N5O3S/c1-31-19-8-5-17(6-9-19)25-23(30)26-18-7-10-21(24-16-18)27-11-3-12-28(14-13-27)22(29)20-4-2-15-32-20/h2,4-10,15-16H,3,11-14H2,1H3,(H2,25,26,30). The molecule has 1 aromatic carbocycles. The number of hydrogen-bond acceptors (Lipinski definition) is 6. The zero-order chi connectivity index (χ0) is 22.3. The Bertz CT molecular complexity index is 1040. The third-order valence-corrected chi connectivity index (χ3v) is 6.05. The second-order valence-electron chi connectivity index (χ2n) is 7.32. The monoisotopic (exact) mass is 451 g/mol. The fourth-order valence-corrected chi connectivity index (χ4v) is 4.21. The maximum absolute atomic E-state index is 12.6. The van der Waals surface area contributed by atoms with Crippen LogP contribution >= 0.6 is 11.3 Å². The lowest BCUT2D eigenvalue weighted by Gasteiger charge is -2.22. The molecule has 2 aromatic heterocycles. The molecule has 32 heavy (non-hydrogen) atoms. The molecule has 1 fully saturated rings. The minimum Gasteiger partial charge on any atom is -0.497 e. The number of pyridine rings is 1. The topological polar surface area (TPSA) is 86.8 Å². The van der Waals surface area contributed by atoms with Gasteiger partial charge >= 0.3 is 6.03 Å². The first-order valence-electron chi connectivity index (χ1n) is 10.4. The summed E-state index contributed by atoms with van der Waals surface area (Å²) in [6.45, 7) is 2.93. The highest BCUT2D eigenvalue weighted by Gasteiger charge is 2.21. The first-order valence-corrected chi connectivity index (χ1v) is 11.3.